The Bertz CT molecular complexity index is 1460. The van der Waals surface area contributed by atoms with Gasteiger partial charge in [0.25, 0.3) is 5.78 Å². The maximum Gasteiger partial charge on any atom is 0.256 e. The highest BCUT2D eigenvalue weighted by atomic mass is 32.2. The van der Waals surface area contributed by atoms with Crippen molar-refractivity contribution in [3.8, 4) is 10.6 Å². The molecule has 0 aliphatic carbocycles. The molecule has 2 aromatic carbocycles. The van der Waals surface area contributed by atoms with Gasteiger partial charge in [0.2, 0.25) is 5.91 Å². The lowest BCUT2D eigenvalue weighted by Gasteiger charge is -2.06. The zero-order valence-electron chi connectivity index (χ0n) is 17.8. The highest BCUT2D eigenvalue weighted by Gasteiger charge is 2.13. The van der Waals surface area contributed by atoms with Crippen molar-refractivity contribution in [1.82, 2.24) is 24.6 Å². The summed E-state index contributed by atoms with van der Waals surface area (Å²) in [5, 5.41) is 12.8. The normalized spacial score (nSPS) is 11.3. The zero-order valence-corrected chi connectivity index (χ0v) is 19.4. The fourth-order valence-corrected chi connectivity index (χ4v) is 5.33. The van der Waals surface area contributed by atoms with E-state index in [9.17, 15) is 4.79 Å². The van der Waals surface area contributed by atoms with E-state index in [0.29, 0.717) is 10.9 Å². The highest BCUT2D eigenvalue weighted by molar-refractivity contribution is 7.99. The predicted molar refractivity (Wildman–Crippen MR) is 129 cm³/mol. The summed E-state index contributed by atoms with van der Waals surface area (Å²) >= 11 is 3.01. The summed E-state index contributed by atoms with van der Waals surface area (Å²) in [4.78, 5) is 21.6. The molecule has 0 saturated heterocycles. The number of thioether (sulfide) groups is 1. The molecular formula is C23H20N6OS2. The van der Waals surface area contributed by atoms with E-state index in [-0.39, 0.29) is 11.7 Å². The highest BCUT2D eigenvalue weighted by Crippen LogP contribution is 2.31. The van der Waals surface area contributed by atoms with E-state index in [1.54, 1.807) is 11.3 Å². The van der Waals surface area contributed by atoms with Crippen molar-refractivity contribution in [2.75, 3.05) is 11.1 Å². The number of anilines is 1. The first-order valence-electron chi connectivity index (χ1n) is 10.1. The standard InChI is InChI=1S/C23H20N6OS2/c1-13-4-9-18-19(10-13)32-21(26-18)16-5-7-17(8-6-16)25-20(30)12-31-23-28-27-22-24-14(2)11-15(3)29(22)23/h4-11H,12H2,1-3H3,(H,25,30). The summed E-state index contributed by atoms with van der Waals surface area (Å²) in [5.41, 5.74) is 5.89. The van der Waals surface area contributed by atoms with Crippen molar-refractivity contribution in [2.45, 2.75) is 25.9 Å². The van der Waals surface area contributed by atoms with Gasteiger partial charge in [-0.1, -0.05) is 17.8 Å². The number of thiazole rings is 1. The third-order valence-electron chi connectivity index (χ3n) is 4.96. The van der Waals surface area contributed by atoms with Gasteiger partial charge in [-0.2, -0.15) is 0 Å². The number of carbonyl (C=O) groups excluding carboxylic acids is 1. The number of fused-ring (bicyclic) bond motifs is 2. The van der Waals surface area contributed by atoms with E-state index < -0.39 is 0 Å². The van der Waals surface area contributed by atoms with Gasteiger partial charge in [0, 0.05) is 22.6 Å². The Hall–Kier alpha value is -3.30. The Balaban J connectivity index is 1.25. The van der Waals surface area contributed by atoms with Crippen LogP contribution < -0.4 is 5.32 Å². The summed E-state index contributed by atoms with van der Waals surface area (Å²) in [6.45, 7) is 5.98. The molecule has 0 saturated carbocycles. The number of aryl methyl sites for hydroxylation is 3. The third-order valence-corrected chi connectivity index (χ3v) is 6.95. The summed E-state index contributed by atoms with van der Waals surface area (Å²) < 4.78 is 3.04. The molecular weight excluding hydrogens is 440 g/mol. The predicted octanol–water partition coefficient (Wildman–Crippen LogP) is 5.06. The molecule has 3 aromatic heterocycles. The second-order valence-electron chi connectivity index (χ2n) is 7.56. The van der Waals surface area contributed by atoms with Crippen molar-refractivity contribution >= 4 is 50.7 Å². The van der Waals surface area contributed by atoms with Crippen LogP contribution in [0.2, 0.25) is 0 Å². The topological polar surface area (TPSA) is 85.1 Å². The number of aromatic nitrogens is 5. The number of nitrogens with zero attached hydrogens (tertiary/aromatic N) is 5. The second kappa shape index (κ2) is 8.33. The molecule has 0 aliphatic heterocycles. The number of nitrogens with one attached hydrogen (secondary N) is 1. The van der Waals surface area contributed by atoms with Crippen molar-refractivity contribution in [1.29, 1.82) is 0 Å². The lowest BCUT2D eigenvalue weighted by atomic mass is 10.2. The van der Waals surface area contributed by atoms with Gasteiger partial charge in [0.15, 0.2) is 5.16 Å². The Morgan fingerprint density at radius 3 is 2.66 bits per heavy atom. The first-order chi connectivity index (χ1) is 15.5. The fourth-order valence-electron chi connectivity index (χ4n) is 3.47. The van der Waals surface area contributed by atoms with Gasteiger partial charge in [-0.15, -0.1) is 21.5 Å². The maximum absolute atomic E-state index is 12.5. The Labute approximate surface area is 192 Å². The first-order valence-corrected chi connectivity index (χ1v) is 11.9. The molecule has 5 rings (SSSR count). The largest absolute Gasteiger partial charge is 0.325 e. The van der Waals surface area contributed by atoms with Gasteiger partial charge >= 0.3 is 0 Å². The molecule has 0 atom stereocenters. The molecule has 3 heterocycles. The van der Waals surface area contributed by atoms with Crippen LogP contribution in [0, 0.1) is 20.8 Å². The quantitative estimate of drug-likeness (QED) is 0.369. The summed E-state index contributed by atoms with van der Waals surface area (Å²) in [6, 6.07) is 16.0. The molecule has 9 heteroatoms. The van der Waals surface area contributed by atoms with E-state index in [2.05, 4.69) is 39.6 Å². The first kappa shape index (κ1) is 20.6. The Kier molecular flexibility index (Phi) is 5.36. The molecule has 0 unspecified atom stereocenters. The van der Waals surface area contributed by atoms with Crippen LogP contribution in [0.1, 0.15) is 17.0 Å². The molecule has 0 aliphatic rings. The van der Waals surface area contributed by atoms with Crippen LogP contribution in [0.5, 0.6) is 0 Å². The van der Waals surface area contributed by atoms with E-state index in [1.165, 1.54) is 22.0 Å². The molecule has 0 fully saturated rings. The average Bonchev–Trinajstić information content (AvgIpc) is 3.36. The molecule has 32 heavy (non-hydrogen) atoms. The van der Waals surface area contributed by atoms with E-state index in [1.807, 2.05) is 54.6 Å². The number of hydrogen-bond acceptors (Lipinski definition) is 7. The number of benzene rings is 2. The minimum absolute atomic E-state index is 0.104. The average molecular weight is 461 g/mol. The Morgan fingerprint density at radius 1 is 1.03 bits per heavy atom. The van der Waals surface area contributed by atoms with Crippen molar-refractivity contribution in [2.24, 2.45) is 0 Å². The zero-order chi connectivity index (χ0) is 22.2. The Morgan fingerprint density at radius 2 is 1.84 bits per heavy atom. The van der Waals surface area contributed by atoms with Gasteiger partial charge < -0.3 is 5.32 Å². The van der Waals surface area contributed by atoms with Crippen molar-refractivity contribution in [3.63, 3.8) is 0 Å². The van der Waals surface area contributed by atoms with Crippen LogP contribution >= 0.6 is 23.1 Å². The molecule has 7 nitrogen and oxygen atoms in total. The van der Waals surface area contributed by atoms with Crippen LogP contribution in [-0.4, -0.2) is 36.2 Å². The molecule has 1 N–H and O–H groups in total. The van der Waals surface area contributed by atoms with Crippen LogP contribution in [0.15, 0.2) is 53.7 Å². The van der Waals surface area contributed by atoms with E-state index in [0.717, 1.165) is 33.2 Å². The van der Waals surface area contributed by atoms with Crippen LogP contribution in [0.25, 0.3) is 26.6 Å². The van der Waals surface area contributed by atoms with Gasteiger partial charge in [-0.05, 0) is 68.8 Å². The smallest absolute Gasteiger partial charge is 0.256 e. The molecule has 0 bridgehead atoms. The van der Waals surface area contributed by atoms with Crippen molar-refractivity contribution < 1.29 is 4.79 Å². The maximum atomic E-state index is 12.5. The van der Waals surface area contributed by atoms with Gasteiger partial charge in [0.05, 0.1) is 16.0 Å². The molecule has 5 aromatic rings. The second-order valence-corrected chi connectivity index (χ2v) is 9.53. The summed E-state index contributed by atoms with van der Waals surface area (Å²) in [7, 11) is 0. The number of rotatable bonds is 5. The monoisotopic (exact) mass is 460 g/mol. The van der Waals surface area contributed by atoms with Crippen LogP contribution in [0.4, 0.5) is 5.69 Å². The molecule has 0 radical (unpaired) electrons. The van der Waals surface area contributed by atoms with Gasteiger partial charge in [-0.25, -0.2) is 9.97 Å². The lowest BCUT2D eigenvalue weighted by molar-refractivity contribution is -0.113. The SMILES string of the molecule is Cc1ccc2nc(-c3ccc(NC(=O)CSc4nnc5nc(C)cc(C)n45)cc3)sc2c1. The minimum atomic E-state index is -0.104. The van der Waals surface area contributed by atoms with E-state index >= 15 is 0 Å². The van der Waals surface area contributed by atoms with E-state index in [4.69, 9.17) is 4.98 Å². The molecule has 160 valence electrons. The summed E-state index contributed by atoms with van der Waals surface area (Å²) in [6.07, 6.45) is 0. The minimum Gasteiger partial charge on any atom is -0.325 e. The van der Waals surface area contributed by atoms with Gasteiger partial charge in [0.1, 0.15) is 5.01 Å². The number of carbonyl (C=O) groups is 1. The fraction of sp³-hybridized carbons (Fsp3) is 0.174. The third kappa shape index (κ3) is 4.09. The number of amides is 1. The molecule has 0 spiro atoms. The van der Waals surface area contributed by atoms with Crippen molar-refractivity contribution in [3.05, 3.63) is 65.5 Å². The van der Waals surface area contributed by atoms with Crippen LogP contribution in [-0.2, 0) is 4.79 Å². The number of hydrogen-bond donors (Lipinski definition) is 1. The lowest BCUT2D eigenvalue weighted by Crippen LogP contribution is -2.14. The summed E-state index contributed by atoms with van der Waals surface area (Å²) in [5.74, 6) is 0.672. The van der Waals surface area contributed by atoms with Crippen LogP contribution in [0.3, 0.4) is 0 Å². The van der Waals surface area contributed by atoms with Gasteiger partial charge in [-0.3, -0.25) is 9.20 Å². The molecule has 1 amide bonds.